The van der Waals surface area contributed by atoms with Gasteiger partial charge in [0.25, 0.3) is 0 Å². The molecule has 0 aliphatic carbocycles. The summed E-state index contributed by atoms with van der Waals surface area (Å²) in [5.41, 5.74) is 0. The molecule has 0 aromatic rings. The minimum Gasteiger partial charge on any atom is -0.379 e. The number of ether oxygens (including phenoxy) is 1. The number of nitrogens with one attached hydrogen (secondary N) is 2. The van der Waals surface area contributed by atoms with E-state index in [0.29, 0.717) is 19.3 Å². The van der Waals surface area contributed by atoms with Gasteiger partial charge in [0.05, 0.1) is 19.1 Å². The van der Waals surface area contributed by atoms with E-state index in [1.165, 1.54) is 32.4 Å². The first-order chi connectivity index (χ1) is 10.2. The fraction of sp³-hybridized carbons (Fsp3) is 0.938. The van der Waals surface area contributed by atoms with Crippen molar-refractivity contribution < 1.29 is 9.53 Å². The molecule has 122 valence electrons. The molecule has 21 heavy (non-hydrogen) atoms. The van der Waals surface area contributed by atoms with Gasteiger partial charge in [0, 0.05) is 18.6 Å². The molecule has 5 nitrogen and oxygen atoms in total. The van der Waals surface area contributed by atoms with E-state index in [1.807, 2.05) is 0 Å². The third-order valence-electron chi connectivity index (χ3n) is 4.66. The van der Waals surface area contributed by atoms with Gasteiger partial charge in [-0.2, -0.15) is 0 Å². The molecule has 2 N–H and O–H groups in total. The normalized spacial score (nSPS) is 28.5. The Kier molecular flexibility index (Phi) is 6.93. The fourth-order valence-electron chi connectivity index (χ4n) is 3.21. The van der Waals surface area contributed by atoms with E-state index in [-0.39, 0.29) is 17.9 Å². The lowest BCUT2D eigenvalue weighted by molar-refractivity contribution is -0.125. The van der Waals surface area contributed by atoms with E-state index in [2.05, 4.69) is 29.4 Å². The summed E-state index contributed by atoms with van der Waals surface area (Å²) in [4.78, 5) is 14.8. The van der Waals surface area contributed by atoms with Crippen LogP contribution < -0.4 is 10.6 Å². The largest absolute Gasteiger partial charge is 0.379 e. The SMILES string of the molecule is CCCNC1COCC1C(=O)NCC(C)N1CCCCC1. The number of likely N-dealkylation sites (tertiary alicyclic amines) is 1. The zero-order valence-corrected chi connectivity index (χ0v) is 13.6. The highest BCUT2D eigenvalue weighted by Gasteiger charge is 2.33. The number of piperidine rings is 1. The van der Waals surface area contributed by atoms with Crippen molar-refractivity contribution in [2.45, 2.75) is 51.6 Å². The van der Waals surface area contributed by atoms with Crippen molar-refractivity contribution in [2.24, 2.45) is 5.92 Å². The van der Waals surface area contributed by atoms with E-state index in [1.54, 1.807) is 0 Å². The molecular formula is C16H31N3O2. The van der Waals surface area contributed by atoms with Crippen LogP contribution in [0.2, 0.25) is 0 Å². The Labute approximate surface area is 128 Å². The van der Waals surface area contributed by atoms with Gasteiger partial charge in [0.15, 0.2) is 0 Å². The lowest BCUT2D eigenvalue weighted by Gasteiger charge is -2.32. The fourth-order valence-corrected chi connectivity index (χ4v) is 3.21. The average Bonchev–Trinajstić information content (AvgIpc) is 2.99. The molecule has 2 fully saturated rings. The Morgan fingerprint density at radius 1 is 1.29 bits per heavy atom. The number of nitrogens with zero attached hydrogens (tertiary/aromatic N) is 1. The average molecular weight is 297 g/mol. The maximum Gasteiger partial charge on any atom is 0.227 e. The van der Waals surface area contributed by atoms with Crippen molar-refractivity contribution in [1.82, 2.24) is 15.5 Å². The number of carbonyl (C=O) groups excluding carboxylic acids is 1. The van der Waals surface area contributed by atoms with Crippen LogP contribution in [0.4, 0.5) is 0 Å². The van der Waals surface area contributed by atoms with E-state index >= 15 is 0 Å². The van der Waals surface area contributed by atoms with Crippen LogP contribution in [0.15, 0.2) is 0 Å². The lowest BCUT2D eigenvalue weighted by atomic mass is 10.0. The third kappa shape index (κ3) is 4.94. The van der Waals surface area contributed by atoms with E-state index in [9.17, 15) is 4.79 Å². The van der Waals surface area contributed by atoms with Gasteiger partial charge in [-0.05, 0) is 45.8 Å². The zero-order valence-electron chi connectivity index (χ0n) is 13.6. The van der Waals surface area contributed by atoms with Gasteiger partial charge in [-0.3, -0.25) is 9.69 Å². The number of rotatable bonds is 7. The first kappa shape index (κ1) is 16.7. The Hall–Kier alpha value is -0.650. The molecular weight excluding hydrogens is 266 g/mol. The molecule has 0 saturated carbocycles. The Morgan fingerprint density at radius 2 is 2.05 bits per heavy atom. The predicted molar refractivity (Wildman–Crippen MR) is 84.3 cm³/mol. The molecule has 2 aliphatic rings. The first-order valence-electron chi connectivity index (χ1n) is 8.55. The summed E-state index contributed by atoms with van der Waals surface area (Å²) >= 11 is 0. The highest BCUT2D eigenvalue weighted by atomic mass is 16.5. The number of carbonyl (C=O) groups is 1. The number of amides is 1. The Bertz CT molecular complexity index is 319. The molecule has 5 heteroatoms. The molecule has 2 saturated heterocycles. The van der Waals surface area contributed by atoms with Gasteiger partial charge in [-0.25, -0.2) is 0 Å². The molecule has 2 aliphatic heterocycles. The van der Waals surface area contributed by atoms with Gasteiger partial charge < -0.3 is 15.4 Å². The molecule has 1 amide bonds. The highest BCUT2D eigenvalue weighted by molar-refractivity contribution is 5.79. The van der Waals surface area contributed by atoms with Crippen LogP contribution >= 0.6 is 0 Å². The quantitative estimate of drug-likeness (QED) is 0.736. The second-order valence-electron chi connectivity index (χ2n) is 6.40. The van der Waals surface area contributed by atoms with Gasteiger partial charge in [0.1, 0.15) is 0 Å². The summed E-state index contributed by atoms with van der Waals surface area (Å²) < 4.78 is 5.48. The molecule has 0 radical (unpaired) electrons. The summed E-state index contributed by atoms with van der Waals surface area (Å²) in [6.45, 7) is 9.58. The summed E-state index contributed by atoms with van der Waals surface area (Å²) in [5, 5.41) is 6.54. The van der Waals surface area contributed by atoms with Gasteiger partial charge in [-0.1, -0.05) is 13.3 Å². The van der Waals surface area contributed by atoms with Gasteiger partial charge >= 0.3 is 0 Å². The summed E-state index contributed by atoms with van der Waals surface area (Å²) in [6, 6.07) is 0.605. The number of hydrogen-bond acceptors (Lipinski definition) is 4. The Morgan fingerprint density at radius 3 is 2.76 bits per heavy atom. The van der Waals surface area contributed by atoms with Crippen LogP contribution in [0.3, 0.4) is 0 Å². The van der Waals surface area contributed by atoms with Crippen LogP contribution in [0.25, 0.3) is 0 Å². The lowest BCUT2D eigenvalue weighted by Crippen LogP contribution is -2.48. The van der Waals surface area contributed by atoms with Crippen molar-refractivity contribution in [1.29, 1.82) is 0 Å². The minimum atomic E-state index is -0.0369. The van der Waals surface area contributed by atoms with Crippen molar-refractivity contribution >= 4 is 5.91 Å². The van der Waals surface area contributed by atoms with E-state index < -0.39 is 0 Å². The van der Waals surface area contributed by atoms with Crippen molar-refractivity contribution in [3.05, 3.63) is 0 Å². The first-order valence-corrected chi connectivity index (χ1v) is 8.55. The third-order valence-corrected chi connectivity index (χ3v) is 4.66. The van der Waals surface area contributed by atoms with Crippen LogP contribution in [0.5, 0.6) is 0 Å². The van der Waals surface area contributed by atoms with Gasteiger partial charge in [0.2, 0.25) is 5.91 Å². The molecule has 0 spiro atoms. The Balaban J connectivity index is 1.72. The van der Waals surface area contributed by atoms with Crippen LogP contribution in [-0.4, -0.2) is 62.3 Å². The smallest absolute Gasteiger partial charge is 0.227 e. The van der Waals surface area contributed by atoms with Crippen molar-refractivity contribution in [3.63, 3.8) is 0 Å². The second-order valence-corrected chi connectivity index (χ2v) is 6.40. The highest BCUT2D eigenvalue weighted by Crippen LogP contribution is 2.15. The van der Waals surface area contributed by atoms with E-state index in [0.717, 1.165) is 19.5 Å². The standard InChI is InChI=1S/C16H31N3O2/c1-3-7-17-15-12-21-11-14(15)16(20)18-10-13(2)19-8-5-4-6-9-19/h13-15,17H,3-12H2,1-2H3,(H,18,20). The summed E-state index contributed by atoms with van der Waals surface area (Å²) in [7, 11) is 0. The van der Waals surface area contributed by atoms with Crippen molar-refractivity contribution in [2.75, 3.05) is 39.4 Å². The zero-order chi connectivity index (χ0) is 15.1. The van der Waals surface area contributed by atoms with Crippen LogP contribution in [0, 0.1) is 5.92 Å². The van der Waals surface area contributed by atoms with Gasteiger partial charge in [-0.15, -0.1) is 0 Å². The monoisotopic (exact) mass is 297 g/mol. The molecule has 3 atom stereocenters. The van der Waals surface area contributed by atoms with Crippen LogP contribution in [-0.2, 0) is 9.53 Å². The van der Waals surface area contributed by atoms with Crippen LogP contribution in [0.1, 0.15) is 39.5 Å². The van der Waals surface area contributed by atoms with Crippen molar-refractivity contribution in [3.8, 4) is 0 Å². The molecule has 0 aromatic heterocycles. The summed E-state index contributed by atoms with van der Waals surface area (Å²) in [6.07, 6.45) is 5.01. The maximum absolute atomic E-state index is 12.4. The maximum atomic E-state index is 12.4. The molecule has 0 aromatic carbocycles. The molecule has 2 rings (SSSR count). The van der Waals surface area contributed by atoms with E-state index in [4.69, 9.17) is 4.74 Å². The molecule has 3 unspecified atom stereocenters. The molecule has 2 heterocycles. The predicted octanol–water partition coefficient (Wildman–Crippen LogP) is 0.992. The topological polar surface area (TPSA) is 53.6 Å². The molecule has 0 bridgehead atoms. The summed E-state index contributed by atoms with van der Waals surface area (Å²) in [5.74, 6) is 0.107. The minimum absolute atomic E-state index is 0.0369. The number of hydrogen-bond donors (Lipinski definition) is 2. The second kappa shape index (κ2) is 8.71.